The van der Waals surface area contributed by atoms with Crippen molar-refractivity contribution < 1.29 is 27.8 Å². The molecule has 3 rings (SSSR count). The van der Waals surface area contributed by atoms with Crippen LogP contribution in [0.4, 0.5) is 4.39 Å². The van der Waals surface area contributed by atoms with E-state index in [0.717, 1.165) is 10.4 Å². The summed E-state index contributed by atoms with van der Waals surface area (Å²) in [5, 5.41) is 38.3. The Hall–Kier alpha value is -3.02. The van der Waals surface area contributed by atoms with Crippen molar-refractivity contribution in [2.75, 3.05) is 19.7 Å². The Morgan fingerprint density at radius 1 is 1.21 bits per heavy atom. The van der Waals surface area contributed by atoms with Gasteiger partial charge in [-0.3, -0.25) is 0 Å². The van der Waals surface area contributed by atoms with Gasteiger partial charge in [0.15, 0.2) is 0 Å². The zero-order chi connectivity index (χ0) is 21.2. The van der Waals surface area contributed by atoms with Gasteiger partial charge < -0.3 is 14.9 Å². The summed E-state index contributed by atoms with van der Waals surface area (Å²) in [6.07, 6.45) is -1.20. The molecule has 1 aliphatic rings. The molecule has 10 heteroatoms. The highest BCUT2D eigenvalue weighted by atomic mass is 32.2. The van der Waals surface area contributed by atoms with E-state index in [9.17, 15) is 28.3 Å². The Morgan fingerprint density at radius 2 is 1.90 bits per heavy atom. The molecule has 1 unspecified atom stereocenters. The number of hydrogen-bond donors (Lipinski definition) is 2. The Morgan fingerprint density at radius 3 is 2.52 bits per heavy atom. The lowest BCUT2D eigenvalue weighted by Gasteiger charge is -2.27. The molecule has 1 heterocycles. The summed E-state index contributed by atoms with van der Waals surface area (Å²) in [5.74, 6) is -0.863. The van der Waals surface area contributed by atoms with Crippen molar-refractivity contribution in [3.63, 3.8) is 0 Å². The highest BCUT2D eigenvalue weighted by Crippen LogP contribution is 2.32. The number of benzene rings is 2. The normalized spacial score (nSPS) is 22.0. The van der Waals surface area contributed by atoms with E-state index in [1.54, 1.807) is 6.07 Å². The summed E-state index contributed by atoms with van der Waals surface area (Å²) in [5.41, 5.74) is -2.20. The van der Waals surface area contributed by atoms with Crippen LogP contribution in [0.1, 0.15) is 11.1 Å². The van der Waals surface area contributed by atoms with E-state index in [0.29, 0.717) is 0 Å². The monoisotopic (exact) mass is 417 g/mol. The fourth-order valence-corrected chi connectivity index (χ4v) is 4.70. The van der Waals surface area contributed by atoms with E-state index in [1.807, 2.05) is 6.07 Å². The van der Waals surface area contributed by atoms with E-state index in [1.165, 1.54) is 36.4 Å². The van der Waals surface area contributed by atoms with E-state index in [-0.39, 0.29) is 28.3 Å². The fraction of sp³-hybridized carbons (Fsp3) is 0.263. The topological polar surface area (TPSA) is 135 Å². The lowest BCUT2D eigenvalue weighted by atomic mass is 10.0. The van der Waals surface area contributed by atoms with Crippen molar-refractivity contribution in [3.05, 3.63) is 59.4 Å². The number of nitriles is 2. The number of halogens is 1. The first-order chi connectivity index (χ1) is 13.7. The first kappa shape index (κ1) is 20.7. The highest BCUT2D eigenvalue weighted by molar-refractivity contribution is 7.89. The highest BCUT2D eigenvalue weighted by Gasteiger charge is 2.51. The smallest absolute Gasteiger partial charge is 0.244 e. The van der Waals surface area contributed by atoms with E-state index < -0.39 is 40.7 Å². The van der Waals surface area contributed by atoms with Crippen molar-refractivity contribution in [3.8, 4) is 17.9 Å². The third-order valence-corrected chi connectivity index (χ3v) is 6.53. The molecule has 0 radical (unpaired) electrons. The third-order valence-electron chi connectivity index (χ3n) is 4.66. The van der Waals surface area contributed by atoms with Crippen LogP contribution in [0, 0.1) is 28.5 Å². The number of hydrogen-bond acceptors (Lipinski definition) is 7. The minimum absolute atomic E-state index is 0.0324. The zero-order valence-electron chi connectivity index (χ0n) is 15.0. The van der Waals surface area contributed by atoms with Crippen molar-refractivity contribution in [2.45, 2.75) is 16.6 Å². The summed E-state index contributed by atoms with van der Waals surface area (Å²) in [6, 6.07) is 12.5. The Labute approximate surface area is 166 Å². The SMILES string of the molecule is N#Cc1ccc(OC2CN(S(=O)(=O)c3ccccc3C#N)C[C@@]2(O)CO)cc1F. The zero-order valence-corrected chi connectivity index (χ0v) is 15.8. The minimum atomic E-state index is -4.16. The van der Waals surface area contributed by atoms with Crippen LogP contribution in [0.2, 0.25) is 0 Å². The lowest BCUT2D eigenvalue weighted by molar-refractivity contribution is -0.0641. The van der Waals surface area contributed by atoms with Gasteiger partial charge in [0.2, 0.25) is 10.0 Å². The number of β-amino-alcohol motifs (C(OH)–C–C–N with tert-alkyl or cyclic N) is 1. The quantitative estimate of drug-likeness (QED) is 0.733. The van der Waals surface area contributed by atoms with Gasteiger partial charge in [0.1, 0.15) is 35.4 Å². The Balaban J connectivity index is 1.91. The molecule has 2 aromatic carbocycles. The maximum atomic E-state index is 13.8. The number of rotatable bonds is 5. The molecule has 0 spiro atoms. The van der Waals surface area contributed by atoms with Crippen molar-refractivity contribution in [1.29, 1.82) is 10.5 Å². The van der Waals surface area contributed by atoms with Crippen LogP contribution in [0.5, 0.6) is 5.75 Å². The standard InChI is InChI=1S/C19H16FN3O5S/c20-16-7-15(6-5-13(16)8-21)28-18-10-23(11-19(18,25)12-24)29(26,27)17-4-2-1-3-14(17)9-22/h1-7,18,24-25H,10-12H2/t18?,19-/m1/s1. The van der Waals surface area contributed by atoms with Crippen molar-refractivity contribution in [1.82, 2.24) is 4.31 Å². The molecule has 1 fully saturated rings. The molecule has 8 nitrogen and oxygen atoms in total. The van der Waals surface area contributed by atoms with Crippen LogP contribution >= 0.6 is 0 Å². The van der Waals surface area contributed by atoms with Crippen molar-refractivity contribution >= 4 is 10.0 Å². The van der Waals surface area contributed by atoms with Crippen LogP contribution in [0.3, 0.4) is 0 Å². The molecule has 2 atom stereocenters. The number of aliphatic hydroxyl groups excluding tert-OH is 1. The fourth-order valence-electron chi connectivity index (χ4n) is 3.06. The van der Waals surface area contributed by atoms with Crippen LogP contribution in [0.15, 0.2) is 47.4 Å². The first-order valence-corrected chi connectivity index (χ1v) is 9.88. The number of sulfonamides is 1. The molecule has 150 valence electrons. The third kappa shape index (κ3) is 3.79. The first-order valence-electron chi connectivity index (χ1n) is 8.44. The van der Waals surface area contributed by atoms with Gasteiger partial charge in [-0.15, -0.1) is 0 Å². The maximum absolute atomic E-state index is 13.8. The van der Waals surface area contributed by atoms with Gasteiger partial charge >= 0.3 is 0 Å². The second-order valence-electron chi connectivity index (χ2n) is 6.53. The summed E-state index contributed by atoms with van der Waals surface area (Å²) >= 11 is 0. The largest absolute Gasteiger partial charge is 0.486 e. The molecule has 0 bridgehead atoms. The molecular formula is C19H16FN3O5S. The van der Waals surface area contributed by atoms with Gasteiger partial charge in [-0.1, -0.05) is 12.1 Å². The molecule has 0 saturated carbocycles. The predicted molar refractivity (Wildman–Crippen MR) is 97.5 cm³/mol. The van der Waals surface area contributed by atoms with Crippen LogP contribution in [-0.2, 0) is 10.0 Å². The van der Waals surface area contributed by atoms with Crippen molar-refractivity contribution in [2.24, 2.45) is 0 Å². The van der Waals surface area contributed by atoms with Gasteiger partial charge in [0, 0.05) is 12.6 Å². The molecule has 1 saturated heterocycles. The van der Waals surface area contributed by atoms with Gasteiger partial charge in [-0.2, -0.15) is 14.8 Å². The second kappa shape index (κ2) is 7.78. The van der Waals surface area contributed by atoms with Crippen LogP contribution in [0.25, 0.3) is 0 Å². The van der Waals surface area contributed by atoms with Gasteiger partial charge in [-0.05, 0) is 24.3 Å². The van der Waals surface area contributed by atoms with E-state index in [2.05, 4.69) is 0 Å². The molecular weight excluding hydrogens is 401 g/mol. The summed E-state index contributed by atoms with van der Waals surface area (Å²) < 4.78 is 46.2. The van der Waals surface area contributed by atoms with Crippen LogP contribution < -0.4 is 4.74 Å². The number of ether oxygens (including phenoxy) is 1. The molecule has 0 aromatic heterocycles. The molecule has 0 amide bonds. The molecule has 2 N–H and O–H groups in total. The lowest BCUT2D eigenvalue weighted by Crippen LogP contribution is -2.48. The molecule has 1 aliphatic heterocycles. The van der Waals surface area contributed by atoms with Gasteiger partial charge in [-0.25, -0.2) is 12.8 Å². The molecule has 0 aliphatic carbocycles. The van der Waals surface area contributed by atoms with E-state index in [4.69, 9.17) is 10.00 Å². The van der Waals surface area contributed by atoms with E-state index >= 15 is 0 Å². The average Bonchev–Trinajstić information content (AvgIpc) is 3.06. The predicted octanol–water partition coefficient (Wildman–Crippen LogP) is 0.744. The average molecular weight is 417 g/mol. The van der Waals surface area contributed by atoms with Gasteiger partial charge in [0.25, 0.3) is 0 Å². The summed E-state index contributed by atoms with van der Waals surface area (Å²) in [7, 11) is -4.16. The maximum Gasteiger partial charge on any atom is 0.244 e. The summed E-state index contributed by atoms with van der Waals surface area (Å²) in [4.78, 5) is -0.229. The second-order valence-corrected chi connectivity index (χ2v) is 8.43. The Bertz CT molecular complexity index is 1130. The molecule has 29 heavy (non-hydrogen) atoms. The summed E-state index contributed by atoms with van der Waals surface area (Å²) in [6.45, 7) is -1.61. The Kier molecular flexibility index (Phi) is 5.55. The van der Waals surface area contributed by atoms with Crippen LogP contribution in [-0.4, -0.2) is 54.3 Å². The van der Waals surface area contributed by atoms with Gasteiger partial charge in [0.05, 0.1) is 29.2 Å². The molecule has 2 aromatic rings. The minimum Gasteiger partial charge on any atom is -0.486 e. The number of nitrogens with zero attached hydrogens (tertiary/aromatic N) is 3. The number of aliphatic hydroxyl groups is 2.